The van der Waals surface area contributed by atoms with E-state index < -0.39 is 17.4 Å². The summed E-state index contributed by atoms with van der Waals surface area (Å²) in [6, 6.07) is 2.94. The molecule has 0 fully saturated rings. The number of nitrogens with one attached hydrogen (secondary N) is 1. The second kappa shape index (κ2) is 6.37. The number of carbonyl (C=O) groups excluding carboxylic acids is 1. The van der Waals surface area contributed by atoms with Crippen LogP contribution in [0.2, 0.25) is 0 Å². The maximum absolute atomic E-state index is 12.0. The Kier molecular flexibility index (Phi) is 4.69. The summed E-state index contributed by atoms with van der Waals surface area (Å²) in [4.78, 5) is 34.8. The van der Waals surface area contributed by atoms with Gasteiger partial charge in [0, 0.05) is 22.9 Å². The molecular formula is C14H15BrN4O4. The number of pyridine rings is 1. The Bertz CT molecular complexity index is 809. The maximum atomic E-state index is 12.0. The molecule has 2 rings (SSSR count). The highest BCUT2D eigenvalue weighted by Crippen LogP contribution is 2.17. The van der Waals surface area contributed by atoms with Crippen molar-refractivity contribution in [2.45, 2.75) is 25.9 Å². The van der Waals surface area contributed by atoms with Crippen LogP contribution in [0.15, 0.2) is 40.0 Å². The topological polar surface area (TPSA) is 106 Å². The summed E-state index contributed by atoms with van der Waals surface area (Å²) < 4.78 is 3.18. The Morgan fingerprint density at radius 1 is 1.35 bits per heavy atom. The zero-order valence-electron chi connectivity index (χ0n) is 12.5. The average molecular weight is 383 g/mol. The standard InChI is InChI=1S/C14H15BrN4O4/c1-14(2,13(22)23)19-7-10(5-16-19)17-11(20)8-18-6-9(15)3-4-12(18)21/h3-7H,8H2,1-2H3,(H,17,20)(H,22,23). The van der Waals surface area contributed by atoms with Crippen LogP contribution in [0.1, 0.15) is 13.8 Å². The lowest BCUT2D eigenvalue weighted by molar-refractivity contribution is -0.146. The van der Waals surface area contributed by atoms with Crippen molar-refractivity contribution in [1.29, 1.82) is 0 Å². The van der Waals surface area contributed by atoms with Gasteiger partial charge in [0.1, 0.15) is 6.54 Å². The molecule has 0 saturated carbocycles. The van der Waals surface area contributed by atoms with Crippen LogP contribution in [0.3, 0.4) is 0 Å². The molecule has 2 aromatic rings. The summed E-state index contributed by atoms with van der Waals surface area (Å²) in [6.45, 7) is 2.83. The number of aliphatic carboxylic acids is 1. The van der Waals surface area contributed by atoms with Gasteiger partial charge in [-0.1, -0.05) is 0 Å². The molecule has 0 aliphatic rings. The van der Waals surface area contributed by atoms with E-state index in [1.807, 2.05) is 0 Å². The highest BCUT2D eigenvalue weighted by atomic mass is 79.9. The minimum absolute atomic E-state index is 0.161. The second-order valence-electron chi connectivity index (χ2n) is 5.40. The summed E-state index contributed by atoms with van der Waals surface area (Å²) in [5.41, 5.74) is -1.18. The summed E-state index contributed by atoms with van der Waals surface area (Å²) in [5, 5.41) is 15.7. The Morgan fingerprint density at radius 2 is 2.04 bits per heavy atom. The fourth-order valence-corrected chi connectivity index (χ4v) is 2.15. The number of amides is 1. The molecule has 0 aliphatic carbocycles. The molecule has 0 aromatic carbocycles. The lowest BCUT2D eigenvalue weighted by atomic mass is 10.1. The van der Waals surface area contributed by atoms with E-state index in [1.165, 1.54) is 47.8 Å². The molecule has 122 valence electrons. The maximum Gasteiger partial charge on any atom is 0.331 e. The molecular weight excluding hydrogens is 368 g/mol. The average Bonchev–Trinajstić information content (AvgIpc) is 2.91. The fraction of sp³-hybridized carbons (Fsp3) is 0.286. The van der Waals surface area contributed by atoms with Gasteiger partial charge in [-0.05, 0) is 35.8 Å². The zero-order chi connectivity index (χ0) is 17.2. The molecule has 2 heterocycles. The van der Waals surface area contributed by atoms with Gasteiger partial charge in [-0.3, -0.25) is 14.3 Å². The number of carbonyl (C=O) groups is 2. The largest absolute Gasteiger partial charge is 0.479 e. The number of rotatable bonds is 5. The van der Waals surface area contributed by atoms with Crippen LogP contribution in [0.4, 0.5) is 5.69 Å². The molecule has 0 spiro atoms. The number of aromatic nitrogens is 3. The summed E-state index contributed by atoms with van der Waals surface area (Å²) in [7, 11) is 0. The first-order chi connectivity index (χ1) is 10.7. The molecule has 0 saturated heterocycles. The lowest BCUT2D eigenvalue weighted by Gasteiger charge is -2.19. The van der Waals surface area contributed by atoms with Gasteiger partial charge in [0.05, 0.1) is 11.9 Å². The molecule has 1 amide bonds. The number of hydrogen-bond donors (Lipinski definition) is 2. The van der Waals surface area contributed by atoms with Crippen LogP contribution < -0.4 is 10.9 Å². The molecule has 9 heteroatoms. The van der Waals surface area contributed by atoms with Crippen LogP contribution in [0.25, 0.3) is 0 Å². The van der Waals surface area contributed by atoms with Gasteiger partial charge in [-0.2, -0.15) is 5.10 Å². The van der Waals surface area contributed by atoms with E-state index >= 15 is 0 Å². The van der Waals surface area contributed by atoms with Gasteiger partial charge in [-0.25, -0.2) is 4.79 Å². The number of anilines is 1. The van der Waals surface area contributed by atoms with E-state index in [0.29, 0.717) is 10.2 Å². The van der Waals surface area contributed by atoms with Crippen molar-refractivity contribution >= 4 is 33.5 Å². The van der Waals surface area contributed by atoms with Gasteiger partial charge in [0.25, 0.3) is 5.56 Å². The molecule has 0 unspecified atom stereocenters. The minimum Gasteiger partial charge on any atom is -0.479 e. The quantitative estimate of drug-likeness (QED) is 0.809. The van der Waals surface area contributed by atoms with Crippen LogP contribution >= 0.6 is 15.9 Å². The predicted molar refractivity (Wildman–Crippen MR) is 86.2 cm³/mol. The fourth-order valence-electron chi connectivity index (χ4n) is 1.77. The molecule has 0 radical (unpaired) electrons. The number of carboxylic acids is 1. The number of halogens is 1. The van der Waals surface area contributed by atoms with Crippen molar-refractivity contribution in [1.82, 2.24) is 14.3 Å². The lowest BCUT2D eigenvalue weighted by Crippen LogP contribution is -2.36. The smallest absolute Gasteiger partial charge is 0.331 e. The predicted octanol–water partition coefficient (Wildman–Crippen LogP) is 1.27. The van der Waals surface area contributed by atoms with Gasteiger partial charge in [-0.15, -0.1) is 0 Å². The Morgan fingerprint density at radius 3 is 2.70 bits per heavy atom. The van der Waals surface area contributed by atoms with Gasteiger partial charge in [0.15, 0.2) is 5.54 Å². The molecule has 2 N–H and O–H groups in total. The van der Waals surface area contributed by atoms with Crippen LogP contribution in [0, 0.1) is 0 Å². The SMILES string of the molecule is CC(C)(C(=O)O)n1cc(NC(=O)Cn2cc(Br)ccc2=O)cn1. The third kappa shape index (κ3) is 3.86. The number of carboxylic acid groups (broad SMARTS) is 1. The van der Waals surface area contributed by atoms with Crippen molar-refractivity contribution in [3.8, 4) is 0 Å². The summed E-state index contributed by atoms with van der Waals surface area (Å²) in [5.74, 6) is -1.46. The monoisotopic (exact) mass is 382 g/mol. The Balaban J connectivity index is 2.10. The van der Waals surface area contributed by atoms with E-state index in [2.05, 4.69) is 26.3 Å². The van der Waals surface area contributed by atoms with Crippen molar-refractivity contribution in [3.63, 3.8) is 0 Å². The van der Waals surface area contributed by atoms with Gasteiger partial charge < -0.3 is 15.0 Å². The second-order valence-corrected chi connectivity index (χ2v) is 6.32. The van der Waals surface area contributed by atoms with Crippen molar-refractivity contribution in [3.05, 3.63) is 45.5 Å². The van der Waals surface area contributed by atoms with Crippen LogP contribution in [-0.4, -0.2) is 31.3 Å². The van der Waals surface area contributed by atoms with Crippen molar-refractivity contribution in [2.24, 2.45) is 0 Å². The first-order valence-electron chi connectivity index (χ1n) is 6.64. The Labute approximate surface area is 139 Å². The number of hydrogen-bond acceptors (Lipinski definition) is 4. The molecule has 0 aliphatic heterocycles. The normalized spacial score (nSPS) is 11.3. The highest BCUT2D eigenvalue weighted by Gasteiger charge is 2.30. The first-order valence-corrected chi connectivity index (χ1v) is 7.44. The van der Waals surface area contributed by atoms with E-state index in [1.54, 1.807) is 6.07 Å². The zero-order valence-corrected chi connectivity index (χ0v) is 14.1. The molecule has 8 nitrogen and oxygen atoms in total. The van der Waals surface area contributed by atoms with E-state index in [9.17, 15) is 14.4 Å². The van der Waals surface area contributed by atoms with Crippen LogP contribution in [-0.2, 0) is 21.7 Å². The molecule has 0 bridgehead atoms. The van der Waals surface area contributed by atoms with Gasteiger partial charge >= 0.3 is 5.97 Å². The molecule has 23 heavy (non-hydrogen) atoms. The summed E-state index contributed by atoms with van der Waals surface area (Å²) in [6.07, 6.45) is 4.29. The highest BCUT2D eigenvalue weighted by molar-refractivity contribution is 9.10. The third-order valence-electron chi connectivity index (χ3n) is 3.22. The van der Waals surface area contributed by atoms with Crippen molar-refractivity contribution in [2.75, 3.05) is 5.32 Å². The number of nitrogens with zero attached hydrogens (tertiary/aromatic N) is 3. The summed E-state index contributed by atoms with van der Waals surface area (Å²) >= 11 is 3.23. The molecule has 0 atom stereocenters. The van der Waals surface area contributed by atoms with E-state index in [4.69, 9.17) is 5.11 Å². The van der Waals surface area contributed by atoms with Crippen molar-refractivity contribution < 1.29 is 14.7 Å². The minimum atomic E-state index is -1.23. The first kappa shape index (κ1) is 16.9. The molecule has 2 aromatic heterocycles. The Hall–Kier alpha value is -2.42. The van der Waals surface area contributed by atoms with Crippen LogP contribution in [0.5, 0.6) is 0 Å². The van der Waals surface area contributed by atoms with Gasteiger partial charge in [0.2, 0.25) is 5.91 Å². The van der Waals surface area contributed by atoms with E-state index in [-0.39, 0.29) is 12.1 Å². The third-order valence-corrected chi connectivity index (χ3v) is 3.69. The van der Waals surface area contributed by atoms with E-state index in [0.717, 1.165) is 0 Å².